The molecular weight excluding hydrogens is 636 g/mol. The van der Waals surface area contributed by atoms with Crippen molar-refractivity contribution in [3.8, 4) is 34.1 Å². The van der Waals surface area contributed by atoms with Crippen LogP contribution in [-0.4, -0.2) is 67.8 Å². The first-order valence-electron chi connectivity index (χ1n) is 16.3. The fourth-order valence-electron chi connectivity index (χ4n) is 6.13. The molecule has 5 rings (SSSR count). The van der Waals surface area contributed by atoms with Gasteiger partial charge in [0.2, 0.25) is 0 Å². The number of rotatable bonds is 13. The van der Waals surface area contributed by atoms with Crippen molar-refractivity contribution in [2.75, 3.05) is 46.7 Å². The minimum atomic E-state index is -0.469. The topological polar surface area (TPSA) is 116 Å². The smallest absolute Gasteiger partial charge is 0.415 e. The Kier molecular flexibility index (Phi) is 11.0. The Morgan fingerprint density at radius 2 is 1.60 bits per heavy atom. The summed E-state index contributed by atoms with van der Waals surface area (Å²) in [7, 11) is 6.99. The number of ether oxygens (including phenoxy) is 4. The number of allylic oxidation sites excluding steroid dienone is 1. The fraction of sp³-hybridized carbons (Fsp3) is 0.308. The maximum atomic E-state index is 13.5. The highest BCUT2D eigenvalue weighted by Crippen LogP contribution is 2.44. The van der Waals surface area contributed by atoms with Crippen molar-refractivity contribution in [3.63, 3.8) is 0 Å². The van der Waals surface area contributed by atoms with Crippen molar-refractivity contribution in [3.05, 3.63) is 112 Å². The zero-order valence-electron chi connectivity index (χ0n) is 29.6. The van der Waals surface area contributed by atoms with Crippen LogP contribution in [0.4, 0.5) is 16.2 Å². The summed E-state index contributed by atoms with van der Waals surface area (Å²) in [4.78, 5) is 28.3. The third-order valence-corrected chi connectivity index (χ3v) is 8.43. The summed E-state index contributed by atoms with van der Waals surface area (Å²) >= 11 is 0. The number of non-ortho nitro benzene ring substituents is 1. The van der Waals surface area contributed by atoms with E-state index in [2.05, 4.69) is 32.2 Å². The lowest BCUT2D eigenvalue weighted by atomic mass is 9.85. The Morgan fingerprint density at radius 3 is 2.28 bits per heavy atom. The summed E-state index contributed by atoms with van der Waals surface area (Å²) in [6, 6.07) is 23.4. The molecule has 262 valence electrons. The molecule has 4 aromatic rings. The summed E-state index contributed by atoms with van der Waals surface area (Å²) < 4.78 is 23.6. The second-order valence-corrected chi connectivity index (χ2v) is 13.0. The maximum Gasteiger partial charge on any atom is 0.415 e. The predicted octanol–water partition coefficient (Wildman–Crippen LogP) is 8.03. The van der Waals surface area contributed by atoms with E-state index in [1.165, 1.54) is 25.3 Å². The average Bonchev–Trinajstić information content (AvgIpc) is 3.08. The lowest BCUT2D eigenvalue weighted by Crippen LogP contribution is -2.38. The molecule has 11 heteroatoms. The first kappa shape index (κ1) is 35.7. The van der Waals surface area contributed by atoms with Crippen molar-refractivity contribution in [1.29, 1.82) is 0 Å². The number of hydrogen-bond donors (Lipinski definition) is 1. The summed E-state index contributed by atoms with van der Waals surface area (Å²) in [5, 5.41) is 15.1. The molecule has 1 heterocycles. The molecule has 0 aromatic heterocycles. The molecule has 0 radical (unpaired) electrons. The molecule has 0 bridgehead atoms. The quantitative estimate of drug-likeness (QED) is 0.111. The number of nitro groups is 1. The Labute approximate surface area is 293 Å². The maximum absolute atomic E-state index is 13.5. The Morgan fingerprint density at radius 1 is 0.880 bits per heavy atom. The molecule has 11 nitrogen and oxygen atoms in total. The molecule has 0 spiro atoms. The summed E-state index contributed by atoms with van der Waals surface area (Å²) in [6.07, 6.45) is 1.70. The third kappa shape index (κ3) is 8.35. The van der Waals surface area contributed by atoms with Crippen molar-refractivity contribution in [1.82, 2.24) is 9.80 Å². The van der Waals surface area contributed by atoms with Gasteiger partial charge in [-0.15, -0.1) is 0 Å². The normalized spacial score (nSPS) is 13.1. The minimum Gasteiger partial charge on any atom is -0.496 e. The van der Waals surface area contributed by atoms with Crippen molar-refractivity contribution in [2.24, 2.45) is 0 Å². The van der Waals surface area contributed by atoms with Gasteiger partial charge in [0.1, 0.15) is 18.1 Å². The SMILES string of the molecule is COc1ccc([N+](=O)[O-])cc1OCc1c(-c2ccc(OC(=O)N(CCN(C)C)Cc3ccccc3)cc2OC)ccc2c1C(C)=CC(C)(C)N2. The Balaban J connectivity index is 1.51. The molecule has 50 heavy (non-hydrogen) atoms. The van der Waals surface area contributed by atoms with Crippen LogP contribution in [0.25, 0.3) is 16.7 Å². The number of fused-ring (bicyclic) bond motifs is 1. The number of nitrogens with zero attached hydrogens (tertiary/aromatic N) is 3. The first-order valence-corrected chi connectivity index (χ1v) is 16.3. The molecule has 4 aromatic carbocycles. The molecule has 1 amide bonds. The predicted molar refractivity (Wildman–Crippen MR) is 195 cm³/mol. The minimum absolute atomic E-state index is 0.0730. The van der Waals surface area contributed by atoms with Gasteiger partial charge in [-0.2, -0.15) is 0 Å². The highest BCUT2D eigenvalue weighted by atomic mass is 16.6. The molecule has 0 fully saturated rings. The molecule has 0 saturated heterocycles. The van der Waals surface area contributed by atoms with E-state index < -0.39 is 11.0 Å². The number of methoxy groups -OCH3 is 2. The van der Waals surface area contributed by atoms with Gasteiger partial charge in [-0.25, -0.2) is 4.79 Å². The monoisotopic (exact) mass is 680 g/mol. The van der Waals surface area contributed by atoms with Gasteiger partial charge >= 0.3 is 6.09 Å². The van der Waals surface area contributed by atoms with Gasteiger partial charge in [0, 0.05) is 54.1 Å². The van der Waals surface area contributed by atoms with E-state index in [-0.39, 0.29) is 23.6 Å². The van der Waals surface area contributed by atoms with E-state index in [1.54, 1.807) is 24.1 Å². The molecule has 1 aliphatic rings. The van der Waals surface area contributed by atoms with Gasteiger partial charge < -0.3 is 34.1 Å². The molecule has 0 saturated carbocycles. The molecular formula is C39H44N4O7. The summed E-state index contributed by atoms with van der Waals surface area (Å²) in [5.41, 5.74) is 5.99. The van der Waals surface area contributed by atoms with Crippen LogP contribution < -0.4 is 24.3 Å². The molecule has 0 atom stereocenters. The largest absolute Gasteiger partial charge is 0.496 e. The lowest BCUT2D eigenvalue weighted by molar-refractivity contribution is -0.385. The van der Waals surface area contributed by atoms with Crippen LogP contribution in [0.1, 0.15) is 37.5 Å². The third-order valence-electron chi connectivity index (χ3n) is 8.43. The van der Waals surface area contributed by atoms with Crippen LogP contribution in [0.15, 0.2) is 84.9 Å². The van der Waals surface area contributed by atoms with E-state index in [1.807, 2.05) is 67.5 Å². The van der Waals surface area contributed by atoms with Crippen LogP contribution in [0.5, 0.6) is 23.0 Å². The number of anilines is 1. The zero-order valence-corrected chi connectivity index (χ0v) is 29.6. The number of hydrogen-bond acceptors (Lipinski definition) is 9. The molecule has 1 N–H and O–H groups in total. The number of nitrogens with one attached hydrogen (secondary N) is 1. The molecule has 0 aliphatic carbocycles. The van der Waals surface area contributed by atoms with E-state index in [9.17, 15) is 14.9 Å². The highest BCUT2D eigenvalue weighted by molar-refractivity contribution is 5.88. The number of carbonyl (C=O) groups excluding carboxylic acids is 1. The van der Waals surface area contributed by atoms with Gasteiger partial charge in [0.15, 0.2) is 11.5 Å². The number of benzene rings is 4. The van der Waals surface area contributed by atoms with Crippen LogP contribution in [-0.2, 0) is 13.2 Å². The highest BCUT2D eigenvalue weighted by Gasteiger charge is 2.28. The number of carbonyl (C=O) groups is 1. The van der Waals surface area contributed by atoms with Crippen molar-refractivity contribution in [2.45, 2.75) is 39.5 Å². The van der Waals surface area contributed by atoms with Gasteiger partial charge in [-0.1, -0.05) is 42.5 Å². The first-order chi connectivity index (χ1) is 23.9. The standard InChI is InChI=1S/C39H44N4O7/c1-26-23-39(2,3)40-33-17-16-30(32(37(26)33)25-49-36-21-28(43(45)46)13-18-34(36)47-6)31-15-14-29(22-35(31)48-7)50-38(44)42(20-19-41(4)5)24-27-11-9-8-10-12-27/h8-18,21-23,40H,19-20,24-25H2,1-7H3. The van der Waals surface area contributed by atoms with Crippen LogP contribution >= 0.6 is 0 Å². The molecule has 1 aliphatic heterocycles. The van der Waals surface area contributed by atoms with Crippen LogP contribution in [0, 0.1) is 10.1 Å². The van der Waals surface area contributed by atoms with Gasteiger partial charge in [0.05, 0.1) is 30.7 Å². The number of nitro benzene ring substituents is 1. The van der Waals surface area contributed by atoms with E-state index in [0.717, 1.165) is 39.1 Å². The van der Waals surface area contributed by atoms with Gasteiger partial charge in [-0.3, -0.25) is 10.1 Å². The second kappa shape index (κ2) is 15.3. The van der Waals surface area contributed by atoms with Crippen LogP contribution in [0.2, 0.25) is 0 Å². The fourth-order valence-corrected chi connectivity index (χ4v) is 6.13. The van der Waals surface area contributed by atoms with Gasteiger partial charge in [0.25, 0.3) is 5.69 Å². The van der Waals surface area contributed by atoms with Crippen LogP contribution in [0.3, 0.4) is 0 Å². The van der Waals surface area contributed by atoms with E-state index in [0.29, 0.717) is 36.9 Å². The summed E-state index contributed by atoms with van der Waals surface area (Å²) in [6.45, 7) is 7.90. The second-order valence-electron chi connectivity index (χ2n) is 13.0. The van der Waals surface area contributed by atoms with Crippen molar-refractivity contribution >= 4 is 23.0 Å². The van der Waals surface area contributed by atoms with Crippen molar-refractivity contribution < 1.29 is 28.7 Å². The van der Waals surface area contributed by atoms with E-state index >= 15 is 0 Å². The zero-order chi connectivity index (χ0) is 36.0. The Bertz CT molecular complexity index is 1890. The molecule has 0 unspecified atom stereocenters. The lowest BCUT2D eigenvalue weighted by Gasteiger charge is -2.33. The Hall–Kier alpha value is -5.55. The number of amides is 1. The average molecular weight is 681 g/mol. The number of likely N-dealkylation sites (N-methyl/N-ethyl adjacent to an activating group) is 1. The van der Waals surface area contributed by atoms with E-state index in [4.69, 9.17) is 18.9 Å². The van der Waals surface area contributed by atoms with Gasteiger partial charge in [-0.05, 0) is 75.8 Å². The summed E-state index contributed by atoms with van der Waals surface area (Å²) in [5.74, 6) is 1.47.